The number of likely N-dealkylation sites (tertiary alicyclic amines) is 1. The number of nitrogens with one attached hydrogen (secondary N) is 1. The summed E-state index contributed by atoms with van der Waals surface area (Å²) < 4.78 is 0. The molecule has 3 heteroatoms. The van der Waals surface area contributed by atoms with Crippen LogP contribution in [-0.4, -0.2) is 29.5 Å². The first-order valence-electron chi connectivity index (χ1n) is 7.60. The average molecular weight is 261 g/mol. The topological polar surface area (TPSA) is 28.2 Å². The number of anilines is 1. The Labute approximate surface area is 117 Å². The van der Waals surface area contributed by atoms with Gasteiger partial charge in [0.1, 0.15) is 5.82 Å². The Kier molecular flexibility index (Phi) is 5.20. The second kappa shape index (κ2) is 6.90. The monoisotopic (exact) mass is 261 g/mol. The summed E-state index contributed by atoms with van der Waals surface area (Å²) in [6.07, 6.45) is 4.38. The SMILES string of the molecule is CCCNc1cc(CN2CCC(C)C(C)C2)ccn1. The minimum Gasteiger partial charge on any atom is -0.370 e. The Morgan fingerprint density at radius 2 is 2.21 bits per heavy atom. The fourth-order valence-corrected chi connectivity index (χ4v) is 2.67. The van der Waals surface area contributed by atoms with Crippen molar-refractivity contribution in [3.05, 3.63) is 23.9 Å². The molecule has 0 amide bonds. The number of pyridine rings is 1. The van der Waals surface area contributed by atoms with E-state index in [9.17, 15) is 0 Å². The van der Waals surface area contributed by atoms with Crippen LogP contribution in [0.3, 0.4) is 0 Å². The van der Waals surface area contributed by atoms with Crippen LogP contribution >= 0.6 is 0 Å². The molecule has 1 saturated heterocycles. The maximum absolute atomic E-state index is 4.37. The quantitative estimate of drug-likeness (QED) is 0.880. The zero-order chi connectivity index (χ0) is 13.7. The maximum atomic E-state index is 4.37. The van der Waals surface area contributed by atoms with Crippen molar-refractivity contribution in [2.75, 3.05) is 25.0 Å². The van der Waals surface area contributed by atoms with Gasteiger partial charge in [-0.2, -0.15) is 0 Å². The lowest BCUT2D eigenvalue weighted by Gasteiger charge is -2.35. The summed E-state index contributed by atoms with van der Waals surface area (Å²) >= 11 is 0. The van der Waals surface area contributed by atoms with Crippen molar-refractivity contribution in [1.82, 2.24) is 9.88 Å². The van der Waals surface area contributed by atoms with Gasteiger partial charge in [-0.15, -0.1) is 0 Å². The van der Waals surface area contributed by atoms with Crippen molar-refractivity contribution >= 4 is 5.82 Å². The van der Waals surface area contributed by atoms with Gasteiger partial charge in [-0.25, -0.2) is 4.98 Å². The third-order valence-corrected chi connectivity index (χ3v) is 4.20. The van der Waals surface area contributed by atoms with Crippen molar-refractivity contribution < 1.29 is 0 Å². The Hall–Kier alpha value is -1.09. The fourth-order valence-electron chi connectivity index (χ4n) is 2.67. The van der Waals surface area contributed by atoms with Crippen LogP contribution in [0.25, 0.3) is 0 Å². The molecule has 2 heterocycles. The highest BCUT2D eigenvalue weighted by atomic mass is 15.1. The Morgan fingerprint density at radius 3 is 2.95 bits per heavy atom. The highest BCUT2D eigenvalue weighted by Crippen LogP contribution is 2.23. The van der Waals surface area contributed by atoms with Crippen LogP contribution in [0, 0.1) is 11.8 Å². The molecule has 0 spiro atoms. The van der Waals surface area contributed by atoms with E-state index in [4.69, 9.17) is 0 Å². The number of rotatable bonds is 5. The first-order chi connectivity index (χ1) is 9.19. The van der Waals surface area contributed by atoms with Gasteiger partial charge in [0.25, 0.3) is 0 Å². The minimum absolute atomic E-state index is 0.813. The summed E-state index contributed by atoms with van der Waals surface area (Å²) in [4.78, 5) is 6.94. The van der Waals surface area contributed by atoms with Crippen LogP contribution in [0.15, 0.2) is 18.3 Å². The number of aromatic nitrogens is 1. The molecule has 0 aliphatic carbocycles. The van der Waals surface area contributed by atoms with Crippen LogP contribution in [0.4, 0.5) is 5.82 Å². The van der Waals surface area contributed by atoms with E-state index in [1.54, 1.807) is 0 Å². The van der Waals surface area contributed by atoms with E-state index in [-0.39, 0.29) is 0 Å². The summed E-state index contributed by atoms with van der Waals surface area (Å²) in [7, 11) is 0. The van der Waals surface area contributed by atoms with Gasteiger partial charge in [0.2, 0.25) is 0 Å². The van der Waals surface area contributed by atoms with Gasteiger partial charge in [0.05, 0.1) is 0 Å². The molecule has 0 radical (unpaired) electrons. The van der Waals surface area contributed by atoms with Crippen molar-refractivity contribution in [2.24, 2.45) is 11.8 Å². The zero-order valence-corrected chi connectivity index (χ0v) is 12.5. The fraction of sp³-hybridized carbons (Fsp3) is 0.688. The summed E-state index contributed by atoms with van der Waals surface area (Å²) in [5.41, 5.74) is 1.37. The van der Waals surface area contributed by atoms with E-state index in [0.717, 1.165) is 37.2 Å². The third kappa shape index (κ3) is 4.20. The highest BCUT2D eigenvalue weighted by Gasteiger charge is 2.22. The molecule has 3 nitrogen and oxygen atoms in total. The number of hydrogen-bond donors (Lipinski definition) is 1. The molecule has 19 heavy (non-hydrogen) atoms. The van der Waals surface area contributed by atoms with Crippen molar-refractivity contribution in [1.29, 1.82) is 0 Å². The molecule has 2 rings (SSSR count). The number of piperidine rings is 1. The molecule has 0 saturated carbocycles. The summed E-state index contributed by atoms with van der Waals surface area (Å²) in [6.45, 7) is 11.4. The number of hydrogen-bond acceptors (Lipinski definition) is 3. The second-order valence-corrected chi connectivity index (χ2v) is 5.95. The second-order valence-electron chi connectivity index (χ2n) is 5.95. The van der Waals surface area contributed by atoms with Crippen LogP contribution in [0.1, 0.15) is 39.2 Å². The highest BCUT2D eigenvalue weighted by molar-refractivity contribution is 5.37. The van der Waals surface area contributed by atoms with E-state index in [0.29, 0.717) is 0 Å². The molecule has 1 fully saturated rings. The van der Waals surface area contributed by atoms with Crippen LogP contribution in [0.5, 0.6) is 0 Å². The third-order valence-electron chi connectivity index (χ3n) is 4.20. The molecule has 0 aromatic carbocycles. The van der Waals surface area contributed by atoms with E-state index < -0.39 is 0 Å². The molecule has 106 valence electrons. The van der Waals surface area contributed by atoms with Crippen LogP contribution in [-0.2, 0) is 6.54 Å². The molecule has 1 aromatic rings. The lowest BCUT2D eigenvalue weighted by atomic mass is 9.88. The summed E-state index contributed by atoms with van der Waals surface area (Å²) in [5, 5.41) is 3.36. The van der Waals surface area contributed by atoms with Gasteiger partial charge in [-0.3, -0.25) is 4.90 Å². The van der Waals surface area contributed by atoms with Gasteiger partial charge < -0.3 is 5.32 Å². The lowest BCUT2D eigenvalue weighted by Crippen LogP contribution is -2.37. The lowest BCUT2D eigenvalue weighted by molar-refractivity contribution is 0.132. The molecule has 1 aliphatic heterocycles. The van der Waals surface area contributed by atoms with Gasteiger partial charge in [-0.05, 0) is 48.9 Å². The first-order valence-corrected chi connectivity index (χ1v) is 7.60. The van der Waals surface area contributed by atoms with Crippen molar-refractivity contribution in [2.45, 2.75) is 40.2 Å². The molecule has 2 atom stereocenters. The average Bonchev–Trinajstić information content (AvgIpc) is 2.41. The van der Waals surface area contributed by atoms with Gasteiger partial charge >= 0.3 is 0 Å². The molecule has 1 aliphatic rings. The predicted octanol–water partition coefficient (Wildman–Crippen LogP) is 3.38. The minimum atomic E-state index is 0.813. The van der Waals surface area contributed by atoms with Crippen LogP contribution < -0.4 is 5.32 Å². The molecule has 1 N–H and O–H groups in total. The molecule has 0 bridgehead atoms. The molecular formula is C16H27N3. The van der Waals surface area contributed by atoms with E-state index >= 15 is 0 Å². The molecule has 1 aromatic heterocycles. The first kappa shape index (κ1) is 14.3. The number of nitrogens with zero attached hydrogens (tertiary/aromatic N) is 2. The van der Waals surface area contributed by atoms with E-state index in [2.05, 4.69) is 48.1 Å². The molecule has 2 unspecified atom stereocenters. The summed E-state index contributed by atoms with van der Waals surface area (Å²) in [6, 6.07) is 4.33. The van der Waals surface area contributed by atoms with E-state index in [1.807, 2.05) is 6.20 Å². The summed E-state index contributed by atoms with van der Waals surface area (Å²) in [5.74, 6) is 2.70. The van der Waals surface area contributed by atoms with Crippen molar-refractivity contribution in [3.63, 3.8) is 0 Å². The molecular weight excluding hydrogens is 234 g/mol. The predicted molar refractivity (Wildman–Crippen MR) is 81.2 cm³/mol. The van der Waals surface area contributed by atoms with Crippen LogP contribution in [0.2, 0.25) is 0 Å². The normalized spacial score (nSPS) is 24.4. The maximum Gasteiger partial charge on any atom is 0.126 e. The Balaban J connectivity index is 1.91. The van der Waals surface area contributed by atoms with E-state index in [1.165, 1.54) is 25.1 Å². The van der Waals surface area contributed by atoms with Gasteiger partial charge in [0.15, 0.2) is 0 Å². The smallest absolute Gasteiger partial charge is 0.126 e. The zero-order valence-electron chi connectivity index (χ0n) is 12.5. The van der Waals surface area contributed by atoms with Gasteiger partial charge in [-0.1, -0.05) is 20.8 Å². The van der Waals surface area contributed by atoms with Crippen molar-refractivity contribution in [3.8, 4) is 0 Å². The Bertz CT molecular complexity index is 391. The van der Waals surface area contributed by atoms with Gasteiger partial charge in [0, 0.05) is 25.8 Å². The standard InChI is InChI=1S/C16H27N3/c1-4-7-17-16-10-15(5-8-18-16)12-19-9-6-13(2)14(3)11-19/h5,8,10,13-14H,4,6-7,9,11-12H2,1-3H3,(H,17,18). The Morgan fingerprint density at radius 1 is 1.37 bits per heavy atom. The largest absolute Gasteiger partial charge is 0.370 e.